The summed E-state index contributed by atoms with van der Waals surface area (Å²) in [6.07, 6.45) is 2.46. The molecule has 1 aliphatic carbocycles. The van der Waals surface area contributed by atoms with Gasteiger partial charge in [0.25, 0.3) is 5.91 Å². The van der Waals surface area contributed by atoms with Gasteiger partial charge in [-0.1, -0.05) is 6.07 Å². The number of nitrogen functional groups attached to an aromatic ring is 1. The third-order valence-corrected chi connectivity index (χ3v) is 2.82. The molecule has 1 aromatic carbocycles. The Labute approximate surface area is 95.2 Å². The van der Waals surface area contributed by atoms with Gasteiger partial charge in [-0.15, -0.1) is 0 Å². The highest BCUT2D eigenvalue weighted by Gasteiger charge is 2.22. The molecular weight excluding hydrogens is 202 g/mol. The molecule has 1 aromatic rings. The van der Waals surface area contributed by atoms with E-state index in [1.165, 1.54) is 12.8 Å². The van der Waals surface area contributed by atoms with E-state index >= 15 is 0 Å². The Kier molecular flexibility index (Phi) is 3.10. The maximum absolute atomic E-state index is 11.9. The van der Waals surface area contributed by atoms with Crippen LogP contribution in [0.25, 0.3) is 0 Å². The van der Waals surface area contributed by atoms with Crippen molar-refractivity contribution in [3.8, 4) is 0 Å². The molecule has 0 radical (unpaired) electrons. The molecule has 1 amide bonds. The molecule has 4 N–H and O–H groups in total. The molecule has 16 heavy (non-hydrogen) atoms. The Morgan fingerprint density at radius 1 is 1.50 bits per heavy atom. The van der Waals surface area contributed by atoms with Crippen molar-refractivity contribution in [2.24, 2.45) is 11.8 Å². The highest BCUT2D eigenvalue weighted by atomic mass is 16.1. The van der Waals surface area contributed by atoms with Crippen molar-refractivity contribution in [1.29, 1.82) is 0 Å². The van der Waals surface area contributed by atoms with Crippen LogP contribution in [0.1, 0.15) is 28.8 Å². The molecule has 1 aliphatic rings. The first-order chi connectivity index (χ1) is 7.70. The summed E-state index contributed by atoms with van der Waals surface area (Å²) < 4.78 is 0. The summed E-state index contributed by atoms with van der Waals surface area (Å²) in [6, 6.07) is 5.58. The van der Waals surface area contributed by atoms with Crippen LogP contribution in [0.2, 0.25) is 0 Å². The predicted octanol–water partition coefficient (Wildman–Crippen LogP) is 1.42. The molecule has 0 bridgehead atoms. The van der Waals surface area contributed by atoms with E-state index in [2.05, 4.69) is 10.7 Å². The number of aryl methyl sites for hydroxylation is 1. The fourth-order valence-electron chi connectivity index (χ4n) is 1.63. The first kappa shape index (κ1) is 11.0. The van der Waals surface area contributed by atoms with Crippen LogP contribution >= 0.6 is 0 Å². The highest BCUT2D eigenvalue weighted by molar-refractivity contribution is 5.99. The Morgan fingerprint density at radius 2 is 2.25 bits per heavy atom. The molecule has 1 fully saturated rings. The van der Waals surface area contributed by atoms with Crippen LogP contribution in [0, 0.1) is 12.8 Å². The molecule has 0 unspecified atom stereocenters. The molecule has 0 saturated heterocycles. The van der Waals surface area contributed by atoms with Gasteiger partial charge < -0.3 is 10.7 Å². The van der Waals surface area contributed by atoms with E-state index in [4.69, 9.17) is 5.84 Å². The number of hydrazine groups is 1. The number of hydrogen-bond donors (Lipinski definition) is 3. The smallest absolute Gasteiger partial charge is 0.253 e. The molecule has 86 valence electrons. The van der Waals surface area contributed by atoms with Gasteiger partial charge in [0, 0.05) is 6.54 Å². The van der Waals surface area contributed by atoms with Crippen molar-refractivity contribution in [2.45, 2.75) is 19.8 Å². The summed E-state index contributed by atoms with van der Waals surface area (Å²) in [5, 5.41) is 2.92. The van der Waals surface area contributed by atoms with E-state index in [9.17, 15) is 4.79 Å². The van der Waals surface area contributed by atoms with Crippen LogP contribution in [-0.2, 0) is 0 Å². The zero-order valence-corrected chi connectivity index (χ0v) is 9.42. The van der Waals surface area contributed by atoms with Crippen LogP contribution in [-0.4, -0.2) is 12.5 Å². The minimum Gasteiger partial charge on any atom is -0.352 e. The number of amides is 1. The second-order valence-corrected chi connectivity index (χ2v) is 4.35. The van der Waals surface area contributed by atoms with Crippen molar-refractivity contribution in [3.05, 3.63) is 29.3 Å². The predicted molar refractivity (Wildman–Crippen MR) is 64.0 cm³/mol. The summed E-state index contributed by atoms with van der Waals surface area (Å²) in [5.41, 5.74) is 4.92. The lowest BCUT2D eigenvalue weighted by Crippen LogP contribution is -2.27. The Hall–Kier alpha value is -1.55. The number of hydrogen-bond acceptors (Lipinski definition) is 3. The van der Waals surface area contributed by atoms with Crippen LogP contribution in [0.15, 0.2) is 18.2 Å². The molecule has 4 nitrogen and oxygen atoms in total. The van der Waals surface area contributed by atoms with Gasteiger partial charge in [-0.25, -0.2) is 0 Å². The number of benzene rings is 1. The van der Waals surface area contributed by atoms with Gasteiger partial charge in [-0.05, 0) is 43.4 Å². The quantitative estimate of drug-likeness (QED) is 0.530. The van der Waals surface area contributed by atoms with Crippen LogP contribution in [0.5, 0.6) is 0 Å². The summed E-state index contributed by atoms with van der Waals surface area (Å²) in [4.78, 5) is 11.9. The molecule has 0 heterocycles. The minimum atomic E-state index is -0.0557. The number of anilines is 1. The first-order valence-corrected chi connectivity index (χ1v) is 5.56. The van der Waals surface area contributed by atoms with Crippen molar-refractivity contribution < 1.29 is 4.79 Å². The van der Waals surface area contributed by atoms with E-state index in [0.29, 0.717) is 17.2 Å². The second-order valence-electron chi connectivity index (χ2n) is 4.35. The standard InChI is InChI=1S/C12H17N3O/c1-8-2-5-10(11(6-8)15-13)12(16)14-7-9-3-4-9/h2,5-6,9,15H,3-4,7,13H2,1H3,(H,14,16). The molecule has 2 rings (SSSR count). The van der Waals surface area contributed by atoms with Crippen LogP contribution < -0.4 is 16.6 Å². The average Bonchev–Trinajstić information content (AvgIpc) is 3.09. The summed E-state index contributed by atoms with van der Waals surface area (Å²) in [7, 11) is 0. The largest absolute Gasteiger partial charge is 0.352 e. The Balaban J connectivity index is 2.08. The summed E-state index contributed by atoms with van der Waals surface area (Å²) >= 11 is 0. The topological polar surface area (TPSA) is 67.2 Å². The van der Waals surface area contributed by atoms with Crippen molar-refractivity contribution in [1.82, 2.24) is 5.32 Å². The molecule has 0 aromatic heterocycles. The first-order valence-electron chi connectivity index (χ1n) is 5.56. The highest BCUT2D eigenvalue weighted by Crippen LogP contribution is 2.27. The van der Waals surface area contributed by atoms with E-state index < -0.39 is 0 Å². The summed E-state index contributed by atoms with van der Waals surface area (Å²) in [5.74, 6) is 6.02. The monoisotopic (exact) mass is 219 g/mol. The number of carbonyl (C=O) groups is 1. The fourth-order valence-corrected chi connectivity index (χ4v) is 1.63. The Bertz CT molecular complexity index is 399. The molecule has 0 aliphatic heterocycles. The molecular formula is C12H17N3O. The fraction of sp³-hybridized carbons (Fsp3) is 0.417. The average molecular weight is 219 g/mol. The SMILES string of the molecule is Cc1ccc(C(=O)NCC2CC2)c(NN)c1. The number of rotatable bonds is 4. The molecule has 0 atom stereocenters. The van der Waals surface area contributed by atoms with Gasteiger partial charge in [0.15, 0.2) is 0 Å². The molecule has 0 spiro atoms. The number of nitrogens with one attached hydrogen (secondary N) is 2. The lowest BCUT2D eigenvalue weighted by atomic mass is 10.1. The minimum absolute atomic E-state index is 0.0557. The number of carbonyl (C=O) groups excluding carboxylic acids is 1. The van der Waals surface area contributed by atoms with E-state index in [1.807, 2.05) is 19.1 Å². The Morgan fingerprint density at radius 3 is 2.88 bits per heavy atom. The summed E-state index contributed by atoms with van der Waals surface area (Å²) in [6.45, 7) is 2.74. The zero-order chi connectivity index (χ0) is 11.5. The second kappa shape index (κ2) is 4.53. The van der Waals surface area contributed by atoms with Gasteiger partial charge in [0.05, 0.1) is 11.3 Å². The van der Waals surface area contributed by atoms with Crippen LogP contribution in [0.3, 0.4) is 0 Å². The van der Waals surface area contributed by atoms with Gasteiger partial charge >= 0.3 is 0 Å². The van der Waals surface area contributed by atoms with Gasteiger partial charge in [-0.2, -0.15) is 0 Å². The van der Waals surface area contributed by atoms with Gasteiger partial charge in [0.1, 0.15) is 0 Å². The zero-order valence-electron chi connectivity index (χ0n) is 9.42. The normalized spacial score (nSPS) is 14.6. The van der Waals surface area contributed by atoms with Crippen molar-refractivity contribution >= 4 is 11.6 Å². The number of nitrogens with two attached hydrogens (primary N) is 1. The van der Waals surface area contributed by atoms with Crippen molar-refractivity contribution in [3.63, 3.8) is 0 Å². The molecule has 4 heteroatoms. The lowest BCUT2D eigenvalue weighted by Gasteiger charge is -2.10. The van der Waals surface area contributed by atoms with Gasteiger partial charge in [-0.3, -0.25) is 10.6 Å². The van der Waals surface area contributed by atoms with Crippen molar-refractivity contribution in [2.75, 3.05) is 12.0 Å². The van der Waals surface area contributed by atoms with Gasteiger partial charge in [0.2, 0.25) is 0 Å². The lowest BCUT2D eigenvalue weighted by molar-refractivity contribution is 0.0952. The third-order valence-electron chi connectivity index (χ3n) is 2.82. The maximum atomic E-state index is 11.9. The third kappa shape index (κ3) is 2.52. The molecule has 1 saturated carbocycles. The van der Waals surface area contributed by atoms with E-state index in [0.717, 1.165) is 12.1 Å². The van der Waals surface area contributed by atoms with Crippen LogP contribution in [0.4, 0.5) is 5.69 Å². The van der Waals surface area contributed by atoms with E-state index in [-0.39, 0.29) is 5.91 Å². The van der Waals surface area contributed by atoms with E-state index in [1.54, 1.807) is 6.07 Å². The maximum Gasteiger partial charge on any atom is 0.253 e.